The van der Waals surface area contributed by atoms with Gasteiger partial charge < -0.3 is 15.3 Å². The first-order chi connectivity index (χ1) is 12.6. The molecule has 0 radical (unpaired) electrons. The number of carboxylic acids is 1. The van der Waals surface area contributed by atoms with Gasteiger partial charge in [-0.05, 0) is 30.4 Å². The number of carbonyl (C=O) groups excluding carboxylic acids is 1. The topological polar surface area (TPSA) is 100 Å². The summed E-state index contributed by atoms with van der Waals surface area (Å²) < 4.78 is 1.69. The molecule has 2 atom stereocenters. The summed E-state index contributed by atoms with van der Waals surface area (Å²) in [5.74, 6) is -0.724. The molecule has 1 saturated heterocycles. The number of urea groups is 1. The molecule has 2 amide bonds. The van der Waals surface area contributed by atoms with E-state index >= 15 is 0 Å². The van der Waals surface area contributed by atoms with Crippen molar-refractivity contribution < 1.29 is 14.7 Å². The highest BCUT2D eigenvalue weighted by molar-refractivity contribution is 5.91. The van der Waals surface area contributed by atoms with E-state index in [4.69, 9.17) is 0 Å². The van der Waals surface area contributed by atoms with Crippen LogP contribution in [0.15, 0.2) is 36.9 Å². The number of nitrogens with zero attached hydrogens (tertiary/aromatic N) is 4. The van der Waals surface area contributed by atoms with Gasteiger partial charge in [-0.15, -0.1) is 0 Å². The fourth-order valence-electron chi connectivity index (χ4n) is 4.26. The zero-order valence-electron chi connectivity index (χ0n) is 14.3. The lowest BCUT2D eigenvalue weighted by atomic mass is 9.81. The van der Waals surface area contributed by atoms with Crippen LogP contribution in [-0.2, 0) is 11.3 Å². The van der Waals surface area contributed by atoms with Crippen LogP contribution in [0.2, 0.25) is 0 Å². The fraction of sp³-hybridized carbons (Fsp3) is 0.444. The van der Waals surface area contributed by atoms with Gasteiger partial charge in [0.2, 0.25) is 0 Å². The van der Waals surface area contributed by atoms with E-state index < -0.39 is 11.4 Å². The van der Waals surface area contributed by atoms with Crippen molar-refractivity contribution in [1.82, 2.24) is 19.7 Å². The molecule has 0 unspecified atom stereocenters. The summed E-state index contributed by atoms with van der Waals surface area (Å²) in [4.78, 5) is 30.1. The second kappa shape index (κ2) is 6.44. The van der Waals surface area contributed by atoms with Crippen LogP contribution >= 0.6 is 0 Å². The normalized spacial score (nSPS) is 24.5. The van der Waals surface area contributed by atoms with Crippen molar-refractivity contribution in [3.05, 3.63) is 42.5 Å². The average molecular weight is 355 g/mol. The van der Waals surface area contributed by atoms with Crippen molar-refractivity contribution >= 4 is 17.7 Å². The molecule has 1 saturated carbocycles. The highest BCUT2D eigenvalue weighted by atomic mass is 16.4. The van der Waals surface area contributed by atoms with Crippen molar-refractivity contribution in [2.24, 2.45) is 11.3 Å². The Balaban J connectivity index is 1.49. The van der Waals surface area contributed by atoms with E-state index in [9.17, 15) is 14.7 Å². The number of rotatable bonds is 4. The molecule has 8 heteroatoms. The maximum Gasteiger partial charge on any atom is 0.321 e. The molecule has 26 heavy (non-hydrogen) atoms. The first-order valence-corrected chi connectivity index (χ1v) is 8.78. The summed E-state index contributed by atoms with van der Waals surface area (Å²) in [6.45, 7) is 1.28. The Bertz CT molecular complexity index is 822. The van der Waals surface area contributed by atoms with Crippen LogP contribution in [0.25, 0.3) is 0 Å². The van der Waals surface area contributed by atoms with Crippen LogP contribution in [0, 0.1) is 11.3 Å². The van der Waals surface area contributed by atoms with Gasteiger partial charge in [0, 0.05) is 18.8 Å². The van der Waals surface area contributed by atoms with E-state index in [0.717, 1.165) is 18.4 Å². The second-order valence-corrected chi connectivity index (χ2v) is 7.11. The number of nitrogens with one attached hydrogen (secondary N) is 1. The molecule has 1 aromatic heterocycles. The molecule has 1 aliphatic carbocycles. The molecular formula is C18H21N5O3. The van der Waals surface area contributed by atoms with Gasteiger partial charge in [-0.25, -0.2) is 14.5 Å². The molecule has 2 aliphatic rings. The molecule has 136 valence electrons. The zero-order valence-corrected chi connectivity index (χ0v) is 14.3. The van der Waals surface area contributed by atoms with Crippen molar-refractivity contribution in [3.8, 4) is 0 Å². The van der Waals surface area contributed by atoms with Gasteiger partial charge >= 0.3 is 12.0 Å². The average Bonchev–Trinajstić information content (AvgIpc) is 3.31. The van der Waals surface area contributed by atoms with Crippen LogP contribution < -0.4 is 5.32 Å². The van der Waals surface area contributed by atoms with Crippen LogP contribution in [-0.4, -0.2) is 49.9 Å². The molecule has 4 rings (SSSR count). The van der Waals surface area contributed by atoms with E-state index in [1.54, 1.807) is 15.9 Å². The lowest BCUT2D eigenvalue weighted by Gasteiger charge is -2.23. The van der Waals surface area contributed by atoms with Crippen molar-refractivity contribution in [2.45, 2.75) is 25.8 Å². The molecule has 2 aromatic rings. The van der Waals surface area contributed by atoms with Gasteiger partial charge in [-0.3, -0.25) is 4.79 Å². The monoisotopic (exact) mass is 355 g/mol. The molecule has 2 heterocycles. The fourth-order valence-corrected chi connectivity index (χ4v) is 4.26. The lowest BCUT2D eigenvalue weighted by Crippen LogP contribution is -2.38. The van der Waals surface area contributed by atoms with Gasteiger partial charge in [0.05, 0.1) is 12.0 Å². The first kappa shape index (κ1) is 16.6. The number of anilines is 1. The molecule has 0 bridgehead atoms. The van der Waals surface area contributed by atoms with Crippen LogP contribution in [0.4, 0.5) is 10.5 Å². The summed E-state index contributed by atoms with van der Waals surface area (Å²) in [7, 11) is 0. The largest absolute Gasteiger partial charge is 0.481 e. The second-order valence-electron chi connectivity index (χ2n) is 7.11. The number of amides is 2. The van der Waals surface area contributed by atoms with Gasteiger partial charge in [-0.2, -0.15) is 5.10 Å². The van der Waals surface area contributed by atoms with Crippen LogP contribution in [0.3, 0.4) is 0 Å². The summed E-state index contributed by atoms with van der Waals surface area (Å²) in [6.07, 6.45) is 5.54. The smallest absolute Gasteiger partial charge is 0.321 e. The summed E-state index contributed by atoms with van der Waals surface area (Å²) in [6, 6.07) is 7.29. The molecule has 8 nitrogen and oxygen atoms in total. The number of carbonyl (C=O) groups is 2. The number of aliphatic carboxylic acids is 1. The summed E-state index contributed by atoms with van der Waals surface area (Å²) in [5, 5.41) is 16.7. The Morgan fingerprint density at radius 3 is 2.92 bits per heavy atom. The highest BCUT2D eigenvalue weighted by Gasteiger charge is 2.55. The third kappa shape index (κ3) is 2.81. The Hall–Kier alpha value is -2.90. The quantitative estimate of drug-likeness (QED) is 0.874. The van der Waals surface area contributed by atoms with Crippen LogP contribution in [0.5, 0.6) is 0 Å². The molecule has 0 spiro atoms. The van der Waals surface area contributed by atoms with Gasteiger partial charge in [0.25, 0.3) is 0 Å². The number of likely N-dealkylation sites (tertiary alicyclic amines) is 1. The Morgan fingerprint density at radius 1 is 1.35 bits per heavy atom. The van der Waals surface area contributed by atoms with Gasteiger partial charge in [0.15, 0.2) is 0 Å². The third-order valence-electron chi connectivity index (χ3n) is 5.64. The Morgan fingerprint density at radius 2 is 2.19 bits per heavy atom. The lowest BCUT2D eigenvalue weighted by molar-refractivity contribution is -0.149. The third-order valence-corrected chi connectivity index (χ3v) is 5.64. The van der Waals surface area contributed by atoms with Crippen molar-refractivity contribution in [2.75, 3.05) is 18.4 Å². The van der Waals surface area contributed by atoms with E-state index in [1.807, 2.05) is 24.3 Å². The summed E-state index contributed by atoms with van der Waals surface area (Å²) >= 11 is 0. The molecule has 1 aromatic carbocycles. The van der Waals surface area contributed by atoms with Gasteiger partial charge in [0.1, 0.15) is 12.7 Å². The predicted octanol–water partition coefficient (Wildman–Crippen LogP) is 2.04. The van der Waals surface area contributed by atoms with E-state index in [-0.39, 0.29) is 18.5 Å². The number of benzene rings is 1. The number of hydrogen-bond donors (Lipinski definition) is 2. The van der Waals surface area contributed by atoms with Crippen molar-refractivity contribution in [3.63, 3.8) is 0 Å². The molecular weight excluding hydrogens is 334 g/mol. The summed E-state index contributed by atoms with van der Waals surface area (Å²) in [5.41, 5.74) is 0.852. The number of para-hydroxylation sites is 1. The maximum absolute atomic E-state index is 12.8. The van der Waals surface area contributed by atoms with Crippen LogP contribution in [0.1, 0.15) is 24.8 Å². The zero-order chi connectivity index (χ0) is 18.1. The Kier molecular flexibility index (Phi) is 4.10. The Labute approximate surface area is 150 Å². The number of aromatic nitrogens is 3. The minimum atomic E-state index is -0.776. The molecule has 2 N–H and O–H groups in total. The minimum absolute atomic E-state index is 0.0520. The molecule has 1 aliphatic heterocycles. The van der Waals surface area contributed by atoms with Gasteiger partial charge in [-0.1, -0.05) is 24.6 Å². The maximum atomic E-state index is 12.8. The van der Waals surface area contributed by atoms with E-state index in [1.165, 1.54) is 6.33 Å². The minimum Gasteiger partial charge on any atom is -0.481 e. The van der Waals surface area contributed by atoms with E-state index in [2.05, 4.69) is 15.4 Å². The van der Waals surface area contributed by atoms with Crippen molar-refractivity contribution in [1.29, 1.82) is 0 Å². The number of fused-ring (bicyclic) bond motifs is 1. The first-order valence-electron chi connectivity index (χ1n) is 8.78. The SMILES string of the molecule is O=C(Nc1ccccc1Cn1cncn1)N1C[C@@H]2CCC[C@@]2(C(=O)O)C1. The van der Waals surface area contributed by atoms with E-state index in [0.29, 0.717) is 25.2 Å². The number of hydrogen-bond acceptors (Lipinski definition) is 4. The highest BCUT2D eigenvalue weighted by Crippen LogP contribution is 2.48. The standard InChI is InChI=1S/C18H21N5O3/c24-16(25)18-7-3-5-14(18)9-22(10-18)17(26)21-15-6-2-1-4-13(15)8-23-12-19-11-20-23/h1-2,4,6,11-12,14H,3,5,7-10H2,(H,21,26)(H,24,25)/t14-,18+/m0/s1. The predicted molar refractivity (Wildman–Crippen MR) is 93.6 cm³/mol. The molecule has 2 fully saturated rings. The number of carboxylic acid groups (broad SMARTS) is 1.